The second-order valence-corrected chi connectivity index (χ2v) is 6.16. The molecule has 2 aromatic carbocycles. The Kier molecular flexibility index (Phi) is 4.93. The summed E-state index contributed by atoms with van der Waals surface area (Å²) in [4.78, 5) is 23.5. The molecule has 0 saturated carbocycles. The maximum absolute atomic E-state index is 13.0. The third-order valence-electron chi connectivity index (χ3n) is 4.28. The van der Waals surface area contributed by atoms with E-state index in [4.69, 9.17) is 0 Å². The van der Waals surface area contributed by atoms with Crippen LogP contribution < -0.4 is 10.6 Å². The average molecular weight is 390 g/mol. The number of nitrogens with one attached hydrogen (secondary N) is 2. The third-order valence-corrected chi connectivity index (χ3v) is 4.28. The minimum atomic E-state index is -0.543. The summed E-state index contributed by atoms with van der Waals surface area (Å²) >= 11 is 0. The van der Waals surface area contributed by atoms with E-state index in [-0.39, 0.29) is 29.7 Å². The highest BCUT2D eigenvalue weighted by Gasteiger charge is 2.23. The van der Waals surface area contributed by atoms with Crippen molar-refractivity contribution in [1.29, 1.82) is 0 Å². The second kappa shape index (κ2) is 7.85. The zero-order valence-corrected chi connectivity index (χ0v) is 15.0. The van der Waals surface area contributed by atoms with Gasteiger partial charge in [-0.05, 0) is 42.0 Å². The molecule has 0 spiro atoms. The van der Waals surface area contributed by atoms with Gasteiger partial charge in [-0.2, -0.15) is 0 Å². The van der Waals surface area contributed by atoms with E-state index in [0.717, 1.165) is 16.5 Å². The van der Waals surface area contributed by atoms with Crippen LogP contribution in [0, 0.1) is 15.9 Å². The number of anilines is 3. The highest BCUT2D eigenvalue weighted by atomic mass is 19.1. The molecule has 9 heteroatoms. The number of halogens is 1. The lowest BCUT2D eigenvalue weighted by Crippen LogP contribution is -2.08. The van der Waals surface area contributed by atoms with Crippen molar-refractivity contribution in [2.45, 2.75) is 6.54 Å². The predicted octanol–water partition coefficient (Wildman–Crippen LogP) is 4.43. The predicted molar refractivity (Wildman–Crippen MR) is 107 cm³/mol. The summed E-state index contributed by atoms with van der Waals surface area (Å²) in [6.07, 6.45) is 2.92. The van der Waals surface area contributed by atoms with Crippen molar-refractivity contribution in [1.82, 2.24) is 15.0 Å². The van der Waals surface area contributed by atoms with Crippen molar-refractivity contribution >= 4 is 33.9 Å². The Bertz CT molecular complexity index is 1180. The van der Waals surface area contributed by atoms with Gasteiger partial charge in [-0.1, -0.05) is 18.2 Å². The van der Waals surface area contributed by atoms with Gasteiger partial charge in [-0.25, -0.2) is 14.4 Å². The van der Waals surface area contributed by atoms with Gasteiger partial charge in [-0.15, -0.1) is 0 Å². The number of pyridine rings is 1. The van der Waals surface area contributed by atoms with Gasteiger partial charge in [-0.3, -0.25) is 15.1 Å². The van der Waals surface area contributed by atoms with Crippen LogP contribution in [0.25, 0.3) is 10.9 Å². The summed E-state index contributed by atoms with van der Waals surface area (Å²) in [6.45, 7) is 0.246. The number of benzene rings is 2. The normalized spacial score (nSPS) is 10.7. The van der Waals surface area contributed by atoms with Crippen LogP contribution in [0.1, 0.15) is 5.56 Å². The monoisotopic (exact) mass is 390 g/mol. The fourth-order valence-electron chi connectivity index (χ4n) is 2.90. The molecule has 4 rings (SSSR count). The first-order valence-electron chi connectivity index (χ1n) is 8.70. The molecule has 2 heterocycles. The van der Waals surface area contributed by atoms with Crippen molar-refractivity contribution in [2.24, 2.45) is 0 Å². The quantitative estimate of drug-likeness (QED) is 0.371. The number of fused-ring (bicyclic) bond motifs is 1. The molecule has 144 valence electrons. The summed E-state index contributed by atoms with van der Waals surface area (Å²) in [5.74, 6) is -0.226. The molecule has 29 heavy (non-hydrogen) atoms. The standard InChI is InChI=1S/C20H15FN6O2/c21-14-8-6-13(7-9-14)11-23-19-18(27(28)29)20(25-12-24-19)26-17-5-1-4-16-15(17)3-2-10-22-16/h1-10,12H,11H2,(H2,23,24,25,26). The van der Waals surface area contributed by atoms with Crippen LogP contribution in [-0.4, -0.2) is 19.9 Å². The van der Waals surface area contributed by atoms with E-state index in [2.05, 4.69) is 25.6 Å². The van der Waals surface area contributed by atoms with Gasteiger partial charge >= 0.3 is 5.69 Å². The smallest absolute Gasteiger partial charge is 0.353 e. The Labute approximate surface area is 164 Å². The summed E-state index contributed by atoms with van der Waals surface area (Å²) in [7, 11) is 0. The first-order chi connectivity index (χ1) is 14.1. The molecule has 4 aromatic rings. The van der Waals surface area contributed by atoms with Gasteiger partial charge in [0.05, 0.1) is 10.4 Å². The fourth-order valence-corrected chi connectivity index (χ4v) is 2.90. The van der Waals surface area contributed by atoms with Crippen molar-refractivity contribution in [2.75, 3.05) is 10.6 Å². The molecule has 0 amide bonds. The van der Waals surface area contributed by atoms with Crippen LogP contribution in [0.2, 0.25) is 0 Å². The Hall–Kier alpha value is -4.14. The molecule has 0 aliphatic rings. The summed E-state index contributed by atoms with van der Waals surface area (Å²) in [5, 5.41) is 18.5. The number of nitrogens with zero attached hydrogens (tertiary/aromatic N) is 4. The fraction of sp³-hybridized carbons (Fsp3) is 0.0500. The third kappa shape index (κ3) is 3.93. The van der Waals surface area contributed by atoms with Gasteiger partial charge in [0.15, 0.2) is 0 Å². The van der Waals surface area contributed by atoms with Crippen molar-refractivity contribution in [3.05, 3.63) is 88.6 Å². The van der Waals surface area contributed by atoms with Gasteiger partial charge in [0, 0.05) is 23.8 Å². The Morgan fingerprint density at radius 2 is 1.76 bits per heavy atom. The molecule has 0 saturated heterocycles. The van der Waals surface area contributed by atoms with Crippen LogP contribution in [0.4, 0.5) is 27.4 Å². The Balaban J connectivity index is 1.66. The first-order valence-corrected chi connectivity index (χ1v) is 8.70. The van der Waals surface area contributed by atoms with Crippen LogP contribution in [0.15, 0.2) is 67.1 Å². The van der Waals surface area contributed by atoms with Crippen LogP contribution in [0.3, 0.4) is 0 Å². The lowest BCUT2D eigenvalue weighted by atomic mass is 10.2. The van der Waals surface area contributed by atoms with Gasteiger partial charge in [0.25, 0.3) is 0 Å². The molecular weight excluding hydrogens is 375 g/mol. The summed E-state index contributed by atoms with van der Waals surface area (Å²) < 4.78 is 13.0. The molecule has 2 N–H and O–H groups in total. The van der Waals surface area contributed by atoms with Crippen molar-refractivity contribution in [3.63, 3.8) is 0 Å². The molecule has 0 bridgehead atoms. The van der Waals surface area contributed by atoms with E-state index >= 15 is 0 Å². The maximum Gasteiger partial charge on any atom is 0.353 e. The van der Waals surface area contributed by atoms with E-state index in [1.54, 1.807) is 36.5 Å². The van der Waals surface area contributed by atoms with Gasteiger partial charge in [0.1, 0.15) is 12.1 Å². The molecule has 2 aromatic heterocycles. The highest BCUT2D eigenvalue weighted by Crippen LogP contribution is 2.33. The number of nitro groups is 1. The Morgan fingerprint density at radius 3 is 2.55 bits per heavy atom. The van der Waals surface area contributed by atoms with Crippen molar-refractivity contribution < 1.29 is 9.31 Å². The molecule has 0 unspecified atom stereocenters. The highest BCUT2D eigenvalue weighted by molar-refractivity contribution is 5.93. The second-order valence-electron chi connectivity index (χ2n) is 6.16. The lowest BCUT2D eigenvalue weighted by molar-refractivity contribution is -0.383. The molecule has 0 aliphatic carbocycles. The van der Waals surface area contributed by atoms with E-state index in [1.807, 2.05) is 12.1 Å². The largest absolute Gasteiger partial charge is 0.360 e. The zero-order chi connectivity index (χ0) is 20.2. The van der Waals surface area contributed by atoms with Crippen LogP contribution >= 0.6 is 0 Å². The van der Waals surface area contributed by atoms with E-state index in [9.17, 15) is 14.5 Å². The number of hydrogen-bond acceptors (Lipinski definition) is 7. The molecule has 0 aliphatic heterocycles. The number of aromatic nitrogens is 3. The minimum absolute atomic E-state index is 0.0583. The molecule has 0 fully saturated rings. The molecule has 8 nitrogen and oxygen atoms in total. The average Bonchev–Trinajstić information content (AvgIpc) is 2.73. The van der Waals surface area contributed by atoms with E-state index in [0.29, 0.717) is 5.69 Å². The van der Waals surface area contributed by atoms with Crippen LogP contribution in [-0.2, 0) is 6.54 Å². The summed E-state index contributed by atoms with van der Waals surface area (Å²) in [6, 6.07) is 14.9. The zero-order valence-electron chi connectivity index (χ0n) is 15.0. The molecule has 0 atom stereocenters. The maximum atomic E-state index is 13.0. The SMILES string of the molecule is O=[N+]([O-])c1c(NCc2ccc(F)cc2)ncnc1Nc1cccc2ncccc12. The number of rotatable bonds is 6. The van der Waals surface area contributed by atoms with Crippen LogP contribution in [0.5, 0.6) is 0 Å². The van der Waals surface area contributed by atoms with E-state index in [1.165, 1.54) is 18.5 Å². The topological polar surface area (TPSA) is 106 Å². The van der Waals surface area contributed by atoms with Gasteiger partial charge in [0.2, 0.25) is 11.6 Å². The number of hydrogen-bond donors (Lipinski definition) is 2. The lowest BCUT2D eigenvalue weighted by Gasteiger charge is -2.11. The van der Waals surface area contributed by atoms with E-state index < -0.39 is 4.92 Å². The van der Waals surface area contributed by atoms with Crippen molar-refractivity contribution in [3.8, 4) is 0 Å². The molecule has 0 radical (unpaired) electrons. The summed E-state index contributed by atoms with van der Waals surface area (Å²) in [5.41, 5.74) is 1.87. The molecular formula is C20H15FN6O2. The van der Waals surface area contributed by atoms with Gasteiger partial charge < -0.3 is 10.6 Å². The Morgan fingerprint density at radius 1 is 0.966 bits per heavy atom. The first kappa shape index (κ1) is 18.2. The minimum Gasteiger partial charge on any atom is -0.360 e.